The van der Waals surface area contributed by atoms with Crippen molar-refractivity contribution in [1.29, 1.82) is 0 Å². The normalized spacial score (nSPS) is 10.1. The van der Waals surface area contributed by atoms with E-state index in [1.165, 1.54) is 30.6 Å². The zero-order valence-electron chi connectivity index (χ0n) is 10.3. The maximum Gasteiger partial charge on any atom is 0.289 e. The Morgan fingerprint density at radius 3 is 2.70 bits per heavy atom. The number of benzene rings is 1. The molecule has 1 aromatic carbocycles. The zero-order valence-corrected chi connectivity index (χ0v) is 11.1. The topological polar surface area (TPSA) is 98.0 Å². The molecule has 0 saturated carbocycles. The Morgan fingerprint density at radius 2 is 2.10 bits per heavy atom. The van der Waals surface area contributed by atoms with Gasteiger partial charge in [-0.05, 0) is 19.1 Å². The number of carbonyl (C=O) groups excluding carboxylic acids is 1. The molecule has 0 saturated heterocycles. The number of anilines is 1. The molecule has 0 spiro atoms. The Kier molecular flexibility index (Phi) is 3.90. The van der Waals surface area contributed by atoms with Gasteiger partial charge in [-0.25, -0.2) is 4.98 Å². The lowest BCUT2D eigenvalue weighted by molar-refractivity contribution is -0.384. The van der Waals surface area contributed by atoms with Gasteiger partial charge in [0.2, 0.25) is 0 Å². The number of rotatable bonds is 3. The van der Waals surface area contributed by atoms with Crippen molar-refractivity contribution in [3.05, 3.63) is 57.1 Å². The molecule has 2 aromatic rings. The van der Waals surface area contributed by atoms with Gasteiger partial charge in [-0.3, -0.25) is 19.9 Å². The smallest absolute Gasteiger partial charge is 0.289 e. The summed E-state index contributed by atoms with van der Waals surface area (Å²) in [6.07, 6.45) is 2.79. The number of nitrogens with zero attached hydrogens (tertiary/aromatic N) is 3. The second-order valence-electron chi connectivity index (χ2n) is 3.92. The van der Waals surface area contributed by atoms with E-state index >= 15 is 0 Å². The zero-order chi connectivity index (χ0) is 14.7. The van der Waals surface area contributed by atoms with Crippen LogP contribution in [0.4, 0.5) is 11.4 Å². The van der Waals surface area contributed by atoms with Crippen LogP contribution in [-0.2, 0) is 0 Å². The molecule has 102 valence electrons. The number of nitrogens with one attached hydrogen (secondary N) is 1. The van der Waals surface area contributed by atoms with E-state index in [0.29, 0.717) is 5.69 Å². The van der Waals surface area contributed by atoms with Crippen LogP contribution in [0.15, 0.2) is 30.6 Å². The molecule has 1 heterocycles. The lowest BCUT2D eigenvalue weighted by atomic mass is 10.2. The van der Waals surface area contributed by atoms with E-state index in [1.54, 1.807) is 6.92 Å². The number of hydrogen-bond donors (Lipinski definition) is 1. The molecule has 2 rings (SSSR count). The molecule has 1 N–H and O–H groups in total. The van der Waals surface area contributed by atoms with Crippen molar-refractivity contribution < 1.29 is 9.72 Å². The fourth-order valence-electron chi connectivity index (χ4n) is 1.44. The Bertz CT molecular complexity index is 673. The maximum atomic E-state index is 11.9. The van der Waals surface area contributed by atoms with Crippen LogP contribution in [0.3, 0.4) is 0 Å². The van der Waals surface area contributed by atoms with E-state index in [0.717, 1.165) is 0 Å². The first-order valence-electron chi connectivity index (χ1n) is 5.51. The third-order valence-corrected chi connectivity index (χ3v) is 2.73. The van der Waals surface area contributed by atoms with E-state index < -0.39 is 10.8 Å². The summed E-state index contributed by atoms with van der Waals surface area (Å²) in [6, 6.07) is 3.99. The highest BCUT2D eigenvalue weighted by molar-refractivity contribution is 6.32. The van der Waals surface area contributed by atoms with Gasteiger partial charge < -0.3 is 5.32 Å². The molecule has 0 bridgehead atoms. The highest BCUT2D eigenvalue weighted by Crippen LogP contribution is 2.27. The van der Waals surface area contributed by atoms with Crippen molar-refractivity contribution in [3.63, 3.8) is 0 Å². The molecule has 8 heteroatoms. The van der Waals surface area contributed by atoms with Crippen LogP contribution in [-0.4, -0.2) is 20.8 Å². The summed E-state index contributed by atoms with van der Waals surface area (Å²) in [5.74, 6) is -0.505. The average Bonchev–Trinajstić information content (AvgIpc) is 2.41. The lowest BCUT2D eigenvalue weighted by Gasteiger charge is -2.05. The fourth-order valence-corrected chi connectivity index (χ4v) is 1.62. The average molecular weight is 293 g/mol. The molecule has 0 atom stereocenters. The van der Waals surface area contributed by atoms with Crippen LogP contribution < -0.4 is 5.32 Å². The number of amides is 1. The minimum atomic E-state index is -0.621. The van der Waals surface area contributed by atoms with Crippen molar-refractivity contribution in [2.75, 3.05) is 5.32 Å². The van der Waals surface area contributed by atoms with Gasteiger partial charge in [0.15, 0.2) is 0 Å². The SMILES string of the molecule is Cc1cnc(C(=O)Nc2ccc(Cl)c([N+](=O)[O-])c2)cn1. The van der Waals surface area contributed by atoms with E-state index in [4.69, 9.17) is 11.6 Å². The largest absolute Gasteiger partial charge is 0.320 e. The van der Waals surface area contributed by atoms with Crippen LogP contribution in [0, 0.1) is 17.0 Å². The third kappa shape index (κ3) is 3.07. The summed E-state index contributed by atoms with van der Waals surface area (Å²) in [7, 11) is 0. The number of aromatic nitrogens is 2. The monoisotopic (exact) mass is 292 g/mol. The second-order valence-corrected chi connectivity index (χ2v) is 4.33. The summed E-state index contributed by atoms with van der Waals surface area (Å²) >= 11 is 5.69. The van der Waals surface area contributed by atoms with E-state index in [9.17, 15) is 14.9 Å². The number of nitro benzene ring substituents is 1. The first kappa shape index (κ1) is 13.9. The fraction of sp³-hybridized carbons (Fsp3) is 0.0833. The molecule has 1 aromatic heterocycles. The molecule has 7 nitrogen and oxygen atoms in total. The van der Waals surface area contributed by atoms with Gasteiger partial charge in [-0.15, -0.1) is 0 Å². The van der Waals surface area contributed by atoms with Crippen molar-refractivity contribution in [1.82, 2.24) is 9.97 Å². The van der Waals surface area contributed by atoms with E-state index in [-0.39, 0.29) is 22.1 Å². The predicted octanol–water partition coefficient (Wildman–Crippen LogP) is 2.60. The van der Waals surface area contributed by atoms with Gasteiger partial charge in [-0.2, -0.15) is 0 Å². The minimum absolute atomic E-state index is 0.00289. The number of carbonyl (C=O) groups is 1. The van der Waals surface area contributed by atoms with Crippen molar-refractivity contribution in [2.45, 2.75) is 6.92 Å². The molecular formula is C12H9ClN4O3. The maximum absolute atomic E-state index is 11.9. The number of aryl methyl sites for hydroxylation is 1. The quantitative estimate of drug-likeness (QED) is 0.692. The highest BCUT2D eigenvalue weighted by atomic mass is 35.5. The van der Waals surface area contributed by atoms with Crippen molar-refractivity contribution >= 4 is 28.9 Å². The first-order valence-corrected chi connectivity index (χ1v) is 5.89. The van der Waals surface area contributed by atoms with E-state index in [2.05, 4.69) is 15.3 Å². The van der Waals surface area contributed by atoms with Gasteiger partial charge in [-0.1, -0.05) is 11.6 Å². The molecule has 1 amide bonds. The Balaban J connectivity index is 2.21. The van der Waals surface area contributed by atoms with Gasteiger partial charge in [0.05, 0.1) is 16.8 Å². The van der Waals surface area contributed by atoms with Crippen LogP contribution in [0.1, 0.15) is 16.2 Å². The lowest BCUT2D eigenvalue weighted by Crippen LogP contribution is -2.14. The second kappa shape index (κ2) is 5.62. The summed E-state index contributed by atoms with van der Waals surface area (Å²) in [4.78, 5) is 29.9. The van der Waals surface area contributed by atoms with Crippen molar-refractivity contribution in [3.8, 4) is 0 Å². The molecule has 0 radical (unpaired) electrons. The Hall–Kier alpha value is -2.54. The Labute approximate surface area is 118 Å². The Morgan fingerprint density at radius 1 is 1.35 bits per heavy atom. The number of halogens is 1. The van der Waals surface area contributed by atoms with Gasteiger partial charge in [0.25, 0.3) is 11.6 Å². The predicted molar refractivity (Wildman–Crippen MR) is 72.8 cm³/mol. The van der Waals surface area contributed by atoms with Gasteiger partial charge >= 0.3 is 0 Å². The third-order valence-electron chi connectivity index (χ3n) is 2.41. The van der Waals surface area contributed by atoms with Crippen LogP contribution in [0.2, 0.25) is 5.02 Å². The molecule has 0 fully saturated rings. The molecule has 0 aliphatic rings. The van der Waals surface area contributed by atoms with Gasteiger partial charge in [0, 0.05) is 18.0 Å². The van der Waals surface area contributed by atoms with Crippen LogP contribution >= 0.6 is 11.6 Å². The molecular weight excluding hydrogens is 284 g/mol. The summed E-state index contributed by atoms with van der Waals surface area (Å²) in [5.41, 5.74) is 0.782. The highest BCUT2D eigenvalue weighted by Gasteiger charge is 2.15. The summed E-state index contributed by atoms with van der Waals surface area (Å²) < 4.78 is 0. The minimum Gasteiger partial charge on any atom is -0.320 e. The van der Waals surface area contributed by atoms with Crippen molar-refractivity contribution in [2.24, 2.45) is 0 Å². The standard InChI is InChI=1S/C12H9ClN4O3/c1-7-5-15-10(6-14-7)12(18)16-8-2-3-9(13)11(4-8)17(19)20/h2-6H,1H3,(H,16,18). The molecule has 0 aliphatic carbocycles. The molecule has 20 heavy (non-hydrogen) atoms. The molecule has 0 unspecified atom stereocenters. The van der Waals surface area contributed by atoms with E-state index in [1.807, 2.05) is 0 Å². The van der Waals surface area contributed by atoms with Crippen LogP contribution in [0.25, 0.3) is 0 Å². The van der Waals surface area contributed by atoms with Crippen LogP contribution in [0.5, 0.6) is 0 Å². The number of nitro groups is 1. The summed E-state index contributed by atoms with van der Waals surface area (Å²) in [6.45, 7) is 1.75. The summed E-state index contributed by atoms with van der Waals surface area (Å²) in [5, 5.41) is 13.3. The van der Waals surface area contributed by atoms with Gasteiger partial charge in [0.1, 0.15) is 10.7 Å². The first-order chi connectivity index (χ1) is 9.47. The number of hydrogen-bond acceptors (Lipinski definition) is 5. The molecule has 0 aliphatic heterocycles.